The Hall–Kier alpha value is -4.04. The van der Waals surface area contributed by atoms with Crippen molar-refractivity contribution in [2.24, 2.45) is 0 Å². The standard InChI is InChI=1S/C30H34ClN5O3/c1-22(2)32-30(39)35-18-16-34(17-19-35)27-14-12-26(13-15-27)33-28(37)21-36(20-23-6-4-3-5-7-23)29(38)24-8-10-25(31)11-9-24/h3-15,22H,16-21H2,1-2H3,(H,32,39)(H,33,37). The molecule has 0 aliphatic carbocycles. The fourth-order valence-corrected chi connectivity index (χ4v) is 4.54. The molecule has 0 spiro atoms. The lowest BCUT2D eigenvalue weighted by atomic mass is 10.1. The zero-order chi connectivity index (χ0) is 27.8. The summed E-state index contributed by atoms with van der Waals surface area (Å²) < 4.78 is 0. The van der Waals surface area contributed by atoms with E-state index in [0.29, 0.717) is 35.9 Å². The van der Waals surface area contributed by atoms with Gasteiger partial charge in [-0.2, -0.15) is 0 Å². The number of hydrogen-bond donors (Lipinski definition) is 2. The Morgan fingerprint density at radius 2 is 1.51 bits per heavy atom. The molecule has 39 heavy (non-hydrogen) atoms. The minimum atomic E-state index is -0.286. The van der Waals surface area contributed by atoms with E-state index < -0.39 is 0 Å². The second kappa shape index (κ2) is 13.2. The van der Waals surface area contributed by atoms with Gasteiger partial charge in [0.05, 0.1) is 0 Å². The van der Waals surface area contributed by atoms with E-state index >= 15 is 0 Å². The maximum absolute atomic E-state index is 13.3. The van der Waals surface area contributed by atoms with Crippen molar-refractivity contribution in [3.8, 4) is 0 Å². The fraction of sp³-hybridized carbons (Fsp3) is 0.300. The van der Waals surface area contributed by atoms with E-state index in [9.17, 15) is 14.4 Å². The summed E-state index contributed by atoms with van der Waals surface area (Å²) in [7, 11) is 0. The second-order valence-electron chi connectivity index (χ2n) is 9.83. The van der Waals surface area contributed by atoms with Crippen molar-refractivity contribution < 1.29 is 14.4 Å². The highest BCUT2D eigenvalue weighted by Crippen LogP contribution is 2.20. The largest absolute Gasteiger partial charge is 0.368 e. The van der Waals surface area contributed by atoms with Crippen molar-refractivity contribution in [1.29, 1.82) is 0 Å². The topological polar surface area (TPSA) is 85.0 Å². The number of carbonyl (C=O) groups is 3. The fourth-order valence-electron chi connectivity index (χ4n) is 4.41. The minimum Gasteiger partial charge on any atom is -0.368 e. The van der Waals surface area contributed by atoms with Gasteiger partial charge in [-0.25, -0.2) is 4.79 Å². The Kier molecular flexibility index (Phi) is 9.44. The maximum atomic E-state index is 13.3. The van der Waals surface area contributed by atoms with Gasteiger partial charge in [-0.05, 0) is 67.9 Å². The quantitative estimate of drug-likeness (QED) is 0.422. The van der Waals surface area contributed by atoms with Crippen LogP contribution >= 0.6 is 11.6 Å². The summed E-state index contributed by atoms with van der Waals surface area (Å²) in [5.41, 5.74) is 3.07. The monoisotopic (exact) mass is 547 g/mol. The van der Waals surface area contributed by atoms with Crippen LogP contribution in [-0.2, 0) is 11.3 Å². The molecule has 0 bridgehead atoms. The van der Waals surface area contributed by atoms with Gasteiger partial charge in [0.2, 0.25) is 5.91 Å². The third-order valence-electron chi connectivity index (χ3n) is 6.42. The van der Waals surface area contributed by atoms with Crippen molar-refractivity contribution in [3.63, 3.8) is 0 Å². The van der Waals surface area contributed by atoms with E-state index in [1.807, 2.05) is 73.3 Å². The molecule has 0 atom stereocenters. The summed E-state index contributed by atoms with van der Waals surface area (Å²) in [6.07, 6.45) is 0. The molecule has 4 rings (SSSR count). The van der Waals surface area contributed by atoms with Gasteiger partial charge in [-0.15, -0.1) is 0 Å². The van der Waals surface area contributed by atoms with Crippen LogP contribution in [0.2, 0.25) is 5.02 Å². The third-order valence-corrected chi connectivity index (χ3v) is 6.68. The lowest BCUT2D eigenvalue weighted by molar-refractivity contribution is -0.117. The number of benzene rings is 3. The molecule has 8 nitrogen and oxygen atoms in total. The number of carbonyl (C=O) groups excluding carboxylic acids is 3. The van der Waals surface area contributed by atoms with Crippen molar-refractivity contribution >= 4 is 40.8 Å². The Bertz CT molecular complexity index is 1260. The number of nitrogens with zero attached hydrogens (tertiary/aromatic N) is 3. The molecule has 1 heterocycles. The number of hydrogen-bond acceptors (Lipinski definition) is 4. The lowest BCUT2D eigenvalue weighted by Crippen LogP contribution is -2.52. The van der Waals surface area contributed by atoms with Crippen LogP contribution in [0.1, 0.15) is 29.8 Å². The highest BCUT2D eigenvalue weighted by molar-refractivity contribution is 6.30. The van der Waals surface area contributed by atoms with Crippen LogP contribution in [0.15, 0.2) is 78.9 Å². The Labute approximate surface area is 234 Å². The van der Waals surface area contributed by atoms with Crippen LogP contribution in [-0.4, -0.2) is 66.4 Å². The number of halogens is 1. The van der Waals surface area contributed by atoms with E-state index in [2.05, 4.69) is 15.5 Å². The van der Waals surface area contributed by atoms with E-state index in [4.69, 9.17) is 11.6 Å². The van der Waals surface area contributed by atoms with Gasteiger partial charge in [0.15, 0.2) is 0 Å². The molecule has 0 saturated carbocycles. The summed E-state index contributed by atoms with van der Waals surface area (Å²) in [4.78, 5) is 44.1. The Balaban J connectivity index is 1.36. The predicted octanol–water partition coefficient (Wildman–Crippen LogP) is 4.86. The van der Waals surface area contributed by atoms with Gasteiger partial charge in [-0.1, -0.05) is 41.9 Å². The first kappa shape index (κ1) is 28.0. The summed E-state index contributed by atoms with van der Waals surface area (Å²) in [6.45, 7) is 6.87. The van der Waals surface area contributed by atoms with Crippen molar-refractivity contribution in [2.45, 2.75) is 26.4 Å². The molecule has 2 N–H and O–H groups in total. The molecule has 1 aliphatic heterocycles. The molecular weight excluding hydrogens is 514 g/mol. The Morgan fingerprint density at radius 3 is 2.13 bits per heavy atom. The van der Waals surface area contributed by atoms with Crippen molar-refractivity contribution in [1.82, 2.24) is 15.1 Å². The van der Waals surface area contributed by atoms with Crippen molar-refractivity contribution in [3.05, 3.63) is 95.0 Å². The highest BCUT2D eigenvalue weighted by Gasteiger charge is 2.22. The van der Waals surface area contributed by atoms with Gasteiger partial charge < -0.3 is 25.3 Å². The number of urea groups is 1. The van der Waals surface area contributed by atoms with Crippen molar-refractivity contribution in [2.75, 3.05) is 42.9 Å². The van der Waals surface area contributed by atoms with Crippen LogP contribution in [0.25, 0.3) is 0 Å². The molecule has 3 aromatic carbocycles. The maximum Gasteiger partial charge on any atom is 0.317 e. The Morgan fingerprint density at radius 1 is 0.872 bits per heavy atom. The van der Waals surface area contributed by atoms with Crippen LogP contribution in [0.3, 0.4) is 0 Å². The highest BCUT2D eigenvalue weighted by atomic mass is 35.5. The summed E-state index contributed by atoms with van der Waals surface area (Å²) in [5, 5.41) is 6.39. The molecule has 1 fully saturated rings. The van der Waals surface area contributed by atoms with Crippen LogP contribution < -0.4 is 15.5 Å². The molecule has 0 radical (unpaired) electrons. The molecule has 0 unspecified atom stereocenters. The van der Waals surface area contributed by atoms with E-state index in [-0.39, 0.29) is 30.4 Å². The molecule has 9 heteroatoms. The molecule has 4 amide bonds. The first-order valence-corrected chi connectivity index (χ1v) is 13.5. The zero-order valence-electron chi connectivity index (χ0n) is 22.3. The van der Waals surface area contributed by atoms with Gasteiger partial charge >= 0.3 is 6.03 Å². The smallest absolute Gasteiger partial charge is 0.317 e. The van der Waals surface area contributed by atoms with E-state index in [0.717, 1.165) is 24.3 Å². The first-order valence-electron chi connectivity index (χ1n) is 13.1. The predicted molar refractivity (Wildman–Crippen MR) is 155 cm³/mol. The molecule has 0 aromatic heterocycles. The van der Waals surface area contributed by atoms with Crippen LogP contribution in [0.4, 0.5) is 16.2 Å². The van der Waals surface area contributed by atoms with Gasteiger partial charge in [0.1, 0.15) is 6.54 Å². The average molecular weight is 548 g/mol. The SMILES string of the molecule is CC(C)NC(=O)N1CCN(c2ccc(NC(=O)CN(Cc3ccccc3)C(=O)c3ccc(Cl)cc3)cc2)CC1. The third kappa shape index (κ3) is 7.97. The van der Waals surface area contributed by atoms with E-state index in [1.165, 1.54) is 4.90 Å². The molecule has 3 aromatic rings. The number of nitrogens with one attached hydrogen (secondary N) is 2. The second-order valence-corrected chi connectivity index (χ2v) is 10.3. The van der Waals surface area contributed by atoms with Crippen LogP contribution in [0, 0.1) is 0 Å². The van der Waals surface area contributed by atoms with Gasteiger partial charge in [0, 0.05) is 60.7 Å². The molecule has 1 aliphatic rings. The van der Waals surface area contributed by atoms with E-state index in [1.54, 1.807) is 24.3 Å². The minimum absolute atomic E-state index is 0.0291. The molecule has 204 valence electrons. The van der Waals surface area contributed by atoms with Gasteiger partial charge in [-0.3, -0.25) is 9.59 Å². The van der Waals surface area contributed by atoms with Gasteiger partial charge in [0.25, 0.3) is 5.91 Å². The lowest BCUT2D eigenvalue weighted by Gasteiger charge is -2.36. The molecular formula is C30H34ClN5O3. The molecule has 1 saturated heterocycles. The average Bonchev–Trinajstić information content (AvgIpc) is 2.93. The summed E-state index contributed by atoms with van der Waals surface area (Å²) in [6, 6.07) is 23.9. The number of rotatable bonds is 8. The first-order chi connectivity index (χ1) is 18.8. The summed E-state index contributed by atoms with van der Waals surface area (Å²) >= 11 is 5.99. The van der Waals surface area contributed by atoms with Crippen LogP contribution in [0.5, 0.6) is 0 Å². The normalized spacial score (nSPS) is 13.2. The summed E-state index contributed by atoms with van der Waals surface area (Å²) in [5.74, 6) is -0.534. The number of anilines is 2. The number of amides is 4. The zero-order valence-corrected chi connectivity index (χ0v) is 23.0. The number of piperazine rings is 1.